The third kappa shape index (κ3) is 6.83. The molecule has 7 nitrogen and oxygen atoms in total. The van der Waals surface area contributed by atoms with Crippen LogP contribution in [0.5, 0.6) is 5.75 Å². The van der Waals surface area contributed by atoms with Crippen molar-refractivity contribution in [2.24, 2.45) is 0 Å². The van der Waals surface area contributed by atoms with Gasteiger partial charge in [0.25, 0.3) is 10.1 Å². The molecule has 0 amide bonds. The maximum Gasteiger partial charge on any atom is 0.416 e. The quantitative estimate of drug-likeness (QED) is 0.349. The van der Waals surface area contributed by atoms with Crippen LogP contribution in [0.2, 0.25) is 5.28 Å². The van der Waals surface area contributed by atoms with E-state index in [1.807, 2.05) is 0 Å². The van der Waals surface area contributed by atoms with E-state index in [1.54, 1.807) is 0 Å². The number of nitrogens with one attached hydrogen (secondary N) is 1. The fourth-order valence-electron chi connectivity index (χ4n) is 2.44. The van der Waals surface area contributed by atoms with Gasteiger partial charge in [-0.05, 0) is 29.3 Å². The van der Waals surface area contributed by atoms with Gasteiger partial charge in [-0.1, -0.05) is 6.07 Å². The monoisotopic (exact) mass is 493 g/mol. The standard InChI is InChI=1S/C16H14ClF6N3O4S/c1-24-13-11(6-25-14(17)26-13)29-7-12(30-31(2,27)28)9-4-3-8(15(18,19)20)5-10(9)16(21,22)23/h3-6,12H,7H2,1-2H3,(H,24,25,26). The van der Waals surface area contributed by atoms with Crippen LogP contribution in [0.15, 0.2) is 24.4 Å². The van der Waals surface area contributed by atoms with Gasteiger partial charge >= 0.3 is 12.4 Å². The Morgan fingerprint density at radius 2 is 1.81 bits per heavy atom. The molecule has 31 heavy (non-hydrogen) atoms. The molecule has 0 aliphatic rings. The van der Waals surface area contributed by atoms with Crippen LogP contribution in [0.1, 0.15) is 22.8 Å². The lowest BCUT2D eigenvalue weighted by atomic mass is 9.99. The number of ether oxygens (including phenoxy) is 1. The molecule has 1 N–H and O–H groups in total. The summed E-state index contributed by atoms with van der Waals surface area (Å²) in [4.78, 5) is 7.40. The van der Waals surface area contributed by atoms with E-state index in [-0.39, 0.29) is 22.9 Å². The largest absolute Gasteiger partial charge is 0.485 e. The molecule has 15 heteroatoms. The number of benzene rings is 1. The lowest BCUT2D eigenvalue weighted by Gasteiger charge is -2.23. The smallest absolute Gasteiger partial charge is 0.416 e. The van der Waals surface area contributed by atoms with Gasteiger partial charge in [0.15, 0.2) is 11.6 Å². The molecule has 0 saturated heterocycles. The Kier molecular flexibility index (Phi) is 7.28. The first-order valence-corrected chi connectivity index (χ1v) is 10.3. The zero-order valence-electron chi connectivity index (χ0n) is 15.7. The van der Waals surface area contributed by atoms with Crippen LogP contribution in [-0.2, 0) is 26.7 Å². The third-order valence-corrected chi connectivity index (χ3v) is 4.44. The SMILES string of the molecule is CNc1nc(Cl)ncc1OCC(OS(C)(=O)=O)c1ccc(C(F)(F)F)cc1C(F)(F)F. The molecule has 172 valence electrons. The number of nitrogens with zero attached hydrogens (tertiary/aromatic N) is 2. The fourth-order valence-corrected chi connectivity index (χ4v) is 3.15. The van der Waals surface area contributed by atoms with Gasteiger partial charge < -0.3 is 10.1 Å². The van der Waals surface area contributed by atoms with E-state index in [1.165, 1.54) is 7.05 Å². The van der Waals surface area contributed by atoms with Gasteiger partial charge in [0, 0.05) is 7.05 Å². The summed E-state index contributed by atoms with van der Waals surface area (Å²) < 4.78 is 112. The zero-order valence-corrected chi connectivity index (χ0v) is 17.2. The molecule has 0 aliphatic carbocycles. The maximum atomic E-state index is 13.5. The number of alkyl halides is 6. The van der Waals surface area contributed by atoms with E-state index >= 15 is 0 Å². The summed E-state index contributed by atoms with van der Waals surface area (Å²) in [6.07, 6.45) is -10.6. The van der Waals surface area contributed by atoms with Crippen molar-refractivity contribution in [1.82, 2.24) is 9.97 Å². The van der Waals surface area contributed by atoms with Crippen molar-refractivity contribution in [1.29, 1.82) is 0 Å². The summed E-state index contributed by atoms with van der Waals surface area (Å²) in [6.45, 7) is -0.832. The summed E-state index contributed by atoms with van der Waals surface area (Å²) in [5, 5.41) is 2.41. The molecular formula is C16H14ClF6N3O4S. The first-order valence-electron chi connectivity index (χ1n) is 8.11. The minimum Gasteiger partial charge on any atom is -0.485 e. The first kappa shape index (κ1) is 24.9. The second-order valence-corrected chi connectivity index (χ2v) is 7.94. The zero-order chi connectivity index (χ0) is 23.6. The number of hydrogen-bond acceptors (Lipinski definition) is 7. The van der Waals surface area contributed by atoms with Crippen molar-refractivity contribution in [3.8, 4) is 5.75 Å². The number of aromatic nitrogens is 2. The Balaban J connectivity index is 2.51. The van der Waals surface area contributed by atoms with E-state index < -0.39 is 51.9 Å². The van der Waals surface area contributed by atoms with Crippen LogP contribution in [0.4, 0.5) is 32.2 Å². The van der Waals surface area contributed by atoms with Crippen molar-refractivity contribution in [2.75, 3.05) is 25.2 Å². The summed E-state index contributed by atoms with van der Waals surface area (Å²) in [5.74, 6) is -0.0870. The number of halogens is 7. The second kappa shape index (κ2) is 9.04. The van der Waals surface area contributed by atoms with E-state index in [0.29, 0.717) is 18.4 Å². The second-order valence-electron chi connectivity index (χ2n) is 6.00. The Labute approximate surface area is 177 Å². The third-order valence-electron chi connectivity index (χ3n) is 3.68. The average molecular weight is 494 g/mol. The molecule has 1 unspecified atom stereocenters. The van der Waals surface area contributed by atoms with E-state index in [0.717, 1.165) is 6.20 Å². The number of anilines is 1. The van der Waals surface area contributed by atoms with Crippen LogP contribution in [-0.4, -0.2) is 38.3 Å². The molecule has 2 rings (SSSR count). The molecule has 1 atom stereocenters. The minimum absolute atomic E-state index is 0.0292. The van der Waals surface area contributed by atoms with Crippen molar-refractivity contribution in [2.45, 2.75) is 18.5 Å². The molecule has 2 aromatic rings. The highest BCUT2D eigenvalue weighted by molar-refractivity contribution is 7.86. The number of hydrogen-bond donors (Lipinski definition) is 1. The van der Waals surface area contributed by atoms with Gasteiger partial charge in [0.2, 0.25) is 5.28 Å². The highest BCUT2D eigenvalue weighted by Crippen LogP contribution is 2.40. The lowest BCUT2D eigenvalue weighted by molar-refractivity contribution is -0.144. The van der Waals surface area contributed by atoms with Gasteiger partial charge in [-0.25, -0.2) is 4.98 Å². The molecule has 1 heterocycles. The van der Waals surface area contributed by atoms with Crippen molar-refractivity contribution >= 4 is 27.5 Å². The van der Waals surface area contributed by atoms with E-state index in [9.17, 15) is 34.8 Å². The highest BCUT2D eigenvalue weighted by atomic mass is 35.5. The molecule has 0 radical (unpaired) electrons. The first-order chi connectivity index (χ1) is 14.1. The average Bonchev–Trinajstić information content (AvgIpc) is 2.63. The van der Waals surface area contributed by atoms with Crippen molar-refractivity contribution < 1.29 is 43.7 Å². The summed E-state index contributed by atoms with van der Waals surface area (Å²) >= 11 is 5.63. The van der Waals surface area contributed by atoms with Gasteiger partial charge in [0.05, 0.1) is 23.6 Å². The van der Waals surface area contributed by atoms with Gasteiger partial charge in [0.1, 0.15) is 12.7 Å². The Bertz CT molecular complexity index is 1050. The van der Waals surface area contributed by atoms with Gasteiger partial charge in [-0.3, -0.25) is 4.18 Å². The molecule has 0 saturated carbocycles. The van der Waals surface area contributed by atoms with Crippen LogP contribution in [0.3, 0.4) is 0 Å². The number of rotatable bonds is 7. The van der Waals surface area contributed by atoms with Gasteiger partial charge in [-0.2, -0.15) is 39.7 Å². The molecule has 1 aromatic heterocycles. The van der Waals surface area contributed by atoms with Crippen LogP contribution in [0.25, 0.3) is 0 Å². The van der Waals surface area contributed by atoms with Gasteiger partial charge in [-0.15, -0.1) is 0 Å². The highest BCUT2D eigenvalue weighted by Gasteiger charge is 2.40. The summed E-state index contributed by atoms with van der Waals surface area (Å²) in [5.41, 5.74) is -4.15. The molecule has 0 spiro atoms. The van der Waals surface area contributed by atoms with E-state index in [4.69, 9.17) is 16.3 Å². The molecular weight excluding hydrogens is 480 g/mol. The van der Waals surface area contributed by atoms with Crippen LogP contribution < -0.4 is 10.1 Å². The van der Waals surface area contributed by atoms with Crippen molar-refractivity contribution in [3.05, 3.63) is 46.4 Å². The van der Waals surface area contributed by atoms with E-state index in [2.05, 4.69) is 19.5 Å². The summed E-state index contributed by atoms with van der Waals surface area (Å²) in [6, 6.07) is 0.744. The lowest BCUT2D eigenvalue weighted by Crippen LogP contribution is -2.22. The summed E-state index contributed by atoms with van der Waals surface area (Å²) in [7, 11) is -2.91. The predicted molar refractivity (Wildman–Crippen MR) is 97.2 cm³/mol. The van der Waals surface area contributed by atoms with Crippen molar-refractivity contribution in [3.63, 3.8) is 0 Å². The minimum atomic E-state index is -5.24. The van der Waals surface area contributed by atoms with Crippen LogP contribution >= 0.6 is 11.6 Å². The Hall–Kier alpha value is -2.32. The molecule has 1 aromatic carbocycles. The fraction of sp³-hybridized carbons (Fsp3) is 0.375. The molecule has 0 fully saturated rings. The topological polar surface area (TPSA) is 90.4 Å². The normalized spacial score (nSPS) is 13.7. The molecule has 0 aliphatic heterocycles. The Morgan fingerprint density at radius 1 is 1.16 bits per heavy atom. The Morgan fingerprint density at radius 3 is 2.32 bits per heavy atom. The van der Waals surface area contributed by atoms with Crippen LogP contribution in [0, 0.1) is 0 Å². The molecule has 0 bridgehead atoms. The predicted octanol–water partition coefficient (Wildman–Crippen LogP) is 4.31. The maximum absolute atomic E-state index is 13.5.